The van der Waals surface area contributed by atoms with Gasteiger partial charge in [0.1, 0.15) is 0 Å². The van der Waals surface area contributed by atoms with Gasteiger partial charge in [0.05, 0.1) is 10.9 Å². The van der Waals surface area contributed by atoms with Gasteiger partial charge in [0.2, 0.25) is 10.0 Å². The molecule has 0 bridgehead atoms. The van der Waals surface area contributed by atoms with Gasteiger partial charge in [0.15, 0.2) is 0 Å². The summed E-state index contributed by atoms with van der Waals surface area (Å²) in [7, 11) is -3.69. The number of sulfonamides is 1. The lowest BCUT2D eigenvalue weighted by molar-refractivity contribution is -0.137. The summed E-state index contributed by atoms with van der Waals surface area (Å²) in [6, 6.07) is 23.8. The smallest absolute Gasteiger partial charge is 0.303 e. The Kier molecular flexibility index (Phi) is 7.60. The third kappa shape index (κ3) is 6.77. The molecule has 0 aliphatic carbocycles. The normalized spacial score (nSPS) is 12.4. The first-order valence-electron chi connectivity index (χ1n) is 10.3. The van der Waals surface area contributed by atoms with Crippen molar-refractivity contribution in [2.24, 2.45) is 0 Å². The maximum atomic E-state index is 13.0. The van der Waals surface area contributed by atoms with Crippen LogP contribution in [0.2, 0.25) is 0 Å². The van der Waals surface area contributed by atoms with E-state index >= 15 is 0 Å². The van der Waals surface area contributed by atoms with Crippen molar-refractivity contribution in [1.29, 1.82) is 0 Å². The van der Waals surface area contributed by atoms with Gasteiger partial charge in [0.25, 0.3) is 0 Å². The van der Waals surface area contributed by atoms with Crippen LogP contribution in [0, 0.1) is 6.92 Å². The highest BCUT2D eigenvalue weighted by Gasteiger charge is 2.22. The second kappa shape index (κ2) is 10.4. The fraction of sp³-hybridized carbons (Fsp3) is 0.240. The molecule has 0 heterocycles. The van der Waals surface area contributed by atoms with Crippen LogP contribution in [-0.4, -0.2) is 19.5 Å². The van der Waals surface area contributed by atoms with E-state index in [1.165, 1.54) is 0 Å². The lowest BCUT2D eigenvalue weighted by Crippen LogP contribution is -2.30. The topological polar surface area (TPSA) is 83.5 Å². The van der Waals surface area contributed by atoms with Crippen LogP contribution in [0.15, 0.2) is 83.8 Å². The Hall–Kier alpha value is -2.96. The molecule has 1 unspecified atom stereocenters. The summed E-state index contributed by atoms with van der Waals surface area (Å²) in [5, 5.41) is 8.80. The fourth-order valence-corrected chi connectivity index (χ4v) is 4.63. The molecule has 2 N–H and O–H groups in total. The first-order valence-corrected chi connectivity index (χ1v) is 11.8. The summed E-state index contributed by atoms with van der Waals surface area (Å²) in [6.45, 7) is 1.92. The van der Waals surface area contributed by atoms with Crippen molar-refractivity contribution < 1.29 is 18.3 Å². The first kappa shape index (κ1) is 22.7. The van der Waals surface area contributed by atoms with Gasteiger partial charge in [-0.1, -0.05) is 72.3 Å². The van der Waals surface area contributed by atoms with Crippen LogP contribution in [0.4, 0.5) is 0 Å². The Bertz CT molecular complexity index is 1090. The molecule has 6 heteroatoms. The number of hydrogen-bond donors (Lipinski definition) is 2. The van der Waals surface area contributed by atoms with Crippen molar-refractivity contribution in [3.05, 3.63) is 101 Å². The number of rotatable bonds is 10. The van der Waals surface area contributed by atoms with E-state index in [2.05, 4.69) is 4.72 Å². The number of carbonyl (C=O) groups is 1. The van der Waals surface area contributed by atoms with Crippen LogP contribution in [0.3, 0.4) is 0 Å². The Morgan fingerprint density at radius 2 is 1.55 bits per heavy atom. The first-order chi connectivity index (χ1) is 14.8. The molecule has 0 saturated heterocycles. The highest BCUT2D eigenvalue weighted by molar-refractivity contribution is 7.89. The quantitative estimate of drug-likeness (QED) is 0.483. The molecule has 0 amide bonds. The summed E-state index contributed by atoms with van der Waals surface area (Å²) in [4.78, 5) is 10.9. The van der Waals surface area contributed by atoms with Gasteiger partial charge in [-0.05, 0) is 55.0 Å². The zero-order valence-electron chi connectivity index (χ0n) is 17.5. The number of benzene rings is 3. The predicted molar refractivity (Wildman–Crippen MR) is 121 cm³/mol. The second-order valence-electron chi connectivity index (χ2n) is 7.67. The van der Waals surface area contributed by atoms with E-state index in [0.717, 1.165) is 22.3 Å². The van der Waals surface area contributed by atoms with E-state index in [0.29, 0.717) is 19.3 Å². The van der Waals surface area contributed by atoms with Gasteiger partial charge in [-0.3, -0.25) is 4.79 Å². The largest absolute Gasteiger partial charge is 0.481 e. The molecular formula is C25H27NO4S. The number of nitrogens with one attached hydrogen (secondary N) is 1. The van der Waals surface area contributed by atoms with E-state index < -0.39 is 22.0 Å². The summed E-state index contributed by atoms with van der Waals surface area (Å²) in [5.41, 5.74) is 3.93. The highest BCUT2D eigenvalue weighted by Crippen LogP contribution is 2.23. The van der Waals surface area contributed by atoms with Crippen molar-refractivity contribution in [2.45, 2.75) is 43.5 Å². The van der Waals surface area contributed by atoms with Gasteiger partial charge in [-0.15, -0.1) is 0 Å². The van der Waals surface area contributed by atoms with Crippen LogP contribution < -0.4 is 4.72 Å². The zero-order chi connectivity index (χ0) is 22.3. The molecule has 0 spiro atoms. The summed E-state index contributed by atoms with van der Waals surface area (Å²) in [5.74, 6) is -0.801. The number of hydrogen-bond acceptors (Lipinski definition) is 3. The minimum Gasteiger partial charge on any atom is -0.481 e. The molecular weight excluding hydrogens is 410 g/mol. The standard InChI is InChI=1S/C25H27NO4S/c1-19-10-16-23(17-11-19)31(29,30)26-24(18-21-6-3-2-4-7-21)22-14-12-20(13-15-22)8-5-9-25(27)28/h2-4,6-7,10-17,24,26H,5,8-9,18H2,1H3,(H,27,28). The fourth-order valence-electron chi connectivity index (χ4n) is 3.41. The number of carboxylic acids is 1. The highest BCUT2D eigenvalue weighted by atomic mass is 32.2. The van der Waals surface area contributed by atoms with Crippen molar-refractivity contribution >= 4 is 16.0 Å². The van der Waals surface area contributed by atoms with Gasteiger partial charge in [0, 0.05) is 6.42 Å². The second-order valence-corrected chi connectivity index (χ2v) is 9.38. The molecule has 0 aliphatic rings. The van der Waals surface area contributed by atoms with Gasteiger partial charge < -0.3 is 5.11 Å². The van der Waals surface area contributed by atoms with Crippen molar-refractivity contribution in [3.8, 4) is 0 Å². The monoisotopic (exact) mass is 437 g/mol. The average molecular weight is 438 g/mol. The van der Waals surface area contributed by atoms with Crippen LogP contribution in [-0.2, 0) is 27.7 Å². The summed E-state index contributed by atoms with van der Waals surface area (Å²) < 4.78 is 28.9. The van der Waals surface area contributed by atoms with Gasteiger partial charge >= 0.3 is 5.97 Å². The van der Waals surface area contributed by atoms with Crippen LogP contribution in [0.1, 0.15) is 41.1 Å². The molecule has 3 aromatic carbocycles. The van der Waals surface area contributed by atoms with E-state index in [1.807, 2.05) is 61.5 Å². The minimum atomic E-state index is -3.69. The number of carboxylic acid groups (broad SMARTS) is 1. The van der Waals surface area contributed by atoms with E-state index in [4.69, 9.17) is 5.11 Å². The van der Waals surface area contributed by atoms with Crippen molar-refractivity contribution in [3.63, 3.8) is 0 Å². The Labute approximate surface area is 183 Å². The molecule has 0 aliphatic heterocycles. The van der Waals surface area contributed by atoms with Crippen LogP contribution >= 0.6 is 0 Å². The molecule has 162 valence electrons. The minimum absolute atomic E-state index is 0.134. The maximum Gasteiger partial charge on any atom is 0.303 e. The molecule has 0 fully saturated rings. The Balaban J connectivity index is 1.82. The lowest BCUT2D eigenvalue weighted by Gasteiger charge is -2.20. The average Bonchev–Trinajstić information content (AvgIpc) is 2.74. The van der Waals surface area contributed by atoms with Gasteiger partial charge in [-0.25, -0.2) is 13.1 Å². The lowest BCUT2D eigenvalue weighted by atomic mass is 9.98. The molecule has 0 radical (unpaired) electrons. The van der Waals surface area contributed by atoms with E-state index in [-0.39, 0.29) is 11.3 Å². The number of aliphatic carboxylic acids is 1. The molecule has 0 aromatic heterocycles. The molecule has 5 nitrogen and oxygen atoms in total. The van der Waals surface area contributed by atoms with E-state index in [1.54, 1.807) is 24.3 Å². The Morgan fingerprint density at radius 1 is 0.903 bits per heavy atom. The van der Waals surface area contributed by atoms with Gasteiger partial charge in [-0.2, -0.15) is 0 Å². The third-order valence-corrected chi connectivity index (χ3v) is 6.64. The molecule has 1 atom stereocenters. The SMILES string of the molecule is Cc1ccc(S(=O)(=O)NC(Cc2ccccc2)c2ccc(CCCC(=O)O)cc2)cc1. The van der Waals surface area contributed by atoms with Crippen molar-refractivity contribution in [1.82, 2.24) is 4.72 Å². The third-order valence-electron chi connectivity index (χ3n) is 5.15. The van der Waals surface area contributed by atoms with Crippen molar-refractivity contribution in [2.75, 3.05) is 0 Å². The maximum absolute atomic E-state index is 13.0. The zero-order valence-corrected chi connectivity index (χ0v) is 18.3. The van der Waals surface area contributed by atoms with E-state index in [9.17, 15) is 13.2 Å². The van der Waals surface area contributed by atoms with Crippen LogP contribution in [0.5, 0.6) is 0 Å². The molecule has 3 aromatic rings. The van der Waals surface area contributed by atoms with Crippen LogP contribution in [0.25, 0.3) is 0 Å². The Morgan fingerprint density at radius 3 is 2.16 bits per heavy atom. The molecule has 3 rings (SSSR count). The molecule has 31 heavy (non-hydrogen) atoms. The molecule has 0 saturated carbocycles. The number of aryl methyl sites for hydroxylation is 2. The summed E-state index contributed by atoms with van der Waals surface area (Å²) in [6.07, 6.45) is 1.90. The predicted octanol–water partition coefficient (Wildman–Crippen LogP) is 4.66. The summed E-state index contributed by atoms with van der Waals surface area (Å²) >= 11 is 0.